The summed E-state index contributed by atoms with van der Waals surface area (Å²) in [6.07, 6.45) is 4.19. The van der Waals surface area contributed by atoms with Gasteiger partial charge in [0.2, 0.25) is 5.91 Å². The average molecular weight is 269 g/mol. The number of amides is 1. The minimum absolute atomic E-state index is 0.0250. The number of nitrogens with zero attached hydrogens (tertiary/aromatic N) is 2. The van der Waals surface area contributed by atoms with Crippen LogP contribution >= 0.6 is 0 Å². The molecule has 2 fully saturated rings. The first-order valence-electron chi connectivity index (χ1n) is 7.30. The van der Waals surface area contributed by atoms with E-state index in [-0.39, 0.29) is 18.4 Å². The molecule has 5 nitrogen and oxygen atoms in total. The van der Waals surface area contributed by atoms with Crippen LogP contribution in [-0.2, 0) is 4.79 Å². The van der Waals surface area contributed by atoms with Crippen LogP contribution in [0.25, 0.3) is 0 Å². The second-order valence-corrected chi connectivity index (χ2v) is 6.45. The zero-order chi connectivity index (χ0) is 14.0. The number of aliphatic hydroxyl groups excluding tert-OH is 1. The highest BCUT2D eigenvalue weighted by molar-refractivity contribution is 5.79. The Morgan fingerprint density at radius 1 is 1.42 bits per heavy atom. The zero-order valence-corrected chi connectivity index (χ0v) is 12.1. The van der Waals surface area contributed by atoms with Crippen LogP contribution in [0, 0.1) is 5.92 Å². The van der Waals surface area contributed by atoms with Crippen molar-refractivity contribution in [2.45, 2.75) is 43.7 Å². The molecule has 1 saturated heterocycles. The smallest absolute Gasteiger partial charge is 0.225 e. The molecular weight excluding hydrogens is 242 g/mol. The number of carbonyl (C=O) groups is 1. The van der Waals surface area contributed by atoms with Gasteiger partial charge in [0.25, 0.3) is 0 Å². The highest BCUT2D eigenvalue weighted by Gasteiger charge is 2.36. The normalized spacial score (nSPS) is 36.4. The molecule has 0 bridgehead atoms. The molecule has 19 heavy (non-hydrogen) atoms. The molecule has 1 aliphatic carbocycles. The summed E-state index contributed by atoms with van der Waals surface area (Å²) in [5, 5.41) is 9.26. The van der Waals surface area contributed by atoms with Crippen LogP contribution in [-0.4, -0.2) is 66.2 Å². The van der Waals surface area contributed by atoms with Crippen LogP contribution in [0.2, 0.25) is 0 Å². The van der Waals surface area contributed by atoms with Crippen molar-refractivity contribution in [3.05, 3.63) is 0 Å². The van der Waals surface area contributed by atoms with Gasteiger partial charge in [0.15, 0.2) is 0 Å². The molecular formula is C14H27N3O2. The van der Waals surface area contributed by atoms with Crippen molar-refractivity contribution < 1.29 is 9.90 Å². The van der Waals surface area contributed by atoms with E-state index in [1.165, 1.54) is 0 Å². The summed E-state index contributed by atoms with van der Waals surface area (Å²) in [4.78, 5) is 16.7. The highest BCUT2D eigenvalue weighted by Crippen LogP contribution is 2.31. The number of aliphatic hydroxyl groups is 1. The molecule has 110 valence electrons. The van der Waals surface area contributed by atoms with Crippen LogP contribution in [0.4, 0.5) is 0 Å². The van der Waals surface area contributed by atoms with Crippen molar-refractivity contribution >= 4 is 5.91 Å². The summed E-state index contributed by atoms with van der Waals surface area (Å²) in [5.74, 6) is 0.361. The van der Waals surface area contributed by atoms with Crippen LogP contribution in [0.5, 0.6) is 0 Å². The third-order valence-electron chi connectivity index (χ3n) is 4.91. The molecule has 0 aromatic carbocycles. The van der Waals surface area contributed by atoms with E-state index in [9.17, 15) is 9.90 Å². The molecule has 5 heteroatoms. The van der Waals surface area contributed by atoms with E-state index in [0.29, 0.717) is 6.04 Å². The summed E-state index contributed by atoms with van der Waals surface area (Å²) in [5.41, 5.74) is 5.60. The second-order valence-electron chi connectivity index (χ2n) is 6.45. The standard InChI is InChI=1S/C14H27N3O2/c1-16-8-5-12(9-16)17(2)13(19)11-3-6-14(15,10-18)7-4-11/h11-12,18H,3-10,15H2,1-2H3. The Kier molecular flexibility index (Phi) is 4.48. The molecule has 0 aromatic rings. The van der Waals surface area contributed by atoms with Crippen molar-refractivity contribution in [2.24, 2.45) is 11.7 Å². The molecule has 0 radical (unpaired) electrons. The number of nitrogens with two attached hydrogens (primary N) is 1. The van der Waals surface area contributed by atoms with Gasteiger partial charge in [-0.2, -0.15) is 0 Å². The number of hydrogen-bond donors (Lipinski definition) is 2. The summed E-state index contributed by atoms with van der Waals surface area (Å²) >= 11 is 0. The van der Waals surface area contributed by atoms with E-state index in [0.717, 1.165) is 45.2 Å². The van der Waals surface area contributed by atoms with Crippen molar-refractivity contribution in [3.8, 4) is 0 Å². The van der Waals surface area contributed by atoms with Gasteiger partial charge in [-0.1, -0.05) is 0 Å². The first kappa shape index (κ1) is 14.8. The first-order chi connectivity index (χ1) is 8.95. The van der Waals surface area contributed by atoms with E-state index in [1.807, 2.05) is 11.9 Å². The van der Waals surface area contributed by atoms with Crippen LogP contribution < -0.4 is 5.73 Å². The minimum atomic E-state index is -0.455. The summed E-state index contributed by atoms with van der Waals surface area (Å²) in [6, 6.07) is 0.361. The number of hydrogen-bond acceptors (Lipinski definition) is 4. The Bertz CT molecular complexity index is 327. The van der Waals surface area contributed by atoms with E-state index in [4.69, 9.17) is 5.73 Å². The van der Waals surface area contributed by atoms with Gasteiger partial charge in [0, 0.05) is 31.1 Å². The Morgan fingerprint density at radius 3 is 2.53 bits per heavy atom. The molecule has 1 amide bonds. The maximum absolute atomic E-state index is 12.5. The lowest BCUT2D eigenvalue weighted by Gasteiger charge is -2.37. The molecule has 0 spiro atoms. The topological polar surface area (TPSA) is 69.8 Å². The first-order valence-corrected chi connectivity index (χ1v) is 7.30. The monoisotopic (exact) mass is 269 g/mol. The summed E-state index contributed by atoms with van der Waals surface area (Å²) in [7, 11) is 4.03. The second kappa shape index (κ2) is 5.77. The van der Waals surface area contributed by atoms with Gasteiger partial charge >= 0.3 is 0 Å². The molecule has 2 aliphatic rings. The maximum atomic E-state index is 12.5. The Balaban J connectivity index is 1.87. The van der Waals surface area contributed by atoms with Gasteiger partial charge in [-0.3, -0.25) is 4.79 Å². The third-order valence-corrected chi connectivity index (χ3v) is 4.91. The maximum Gasteiger partial charge on any atom is 0.225 e. The lowest BCUT2D eigenvalue weighted by molar-refractivity contribution is -0.137. The fourth-order valence-corrected chi connectivity index (χ4v) is 3.29. The third kappa shape index (κ3) is 3.27. The van der Waals surface area contributed by atoms with Gasteiger partial charge in [0.05, 0.1) is 6.61 Å². The van der Waals surface area contributed by atoms with E-state index >= 15 is 0 Å². The fourth-order valence-electron chi connectivity index (χ4n) is 3.29. The minimum Gasteiger partial charge on any atom is -0.394 e. The highest BCUT2D eigenvalue weighted by atomic mass is 16.3. The van der Waals surface area contributed by atoms with Gasteiger partial charge in [-0.15, -0.1) is 0 Å². The molecule has 1 heterocycles. The number of rotatable bonds is 3. The van der Waals surface area contributed by atoms with Crippen molar-refractivity contribution in [2.75, 3.05) is 33.8 Å². The van der Waals surface area contributed by atoms with Crippen LogP contribution in [0.3, 0.4) is 0 Å². The van der Waals surface area contributed by atoms with Gasteiger partial charge in [0.1, 0.15) is 0 Å². The lowest BCUT2D eigenvalue weighted by Crippen LogP contribution is -2.49. The Hall–Kier alpha value is -0.650. The molecule has 1 atom stereocenters. The lowest BCUT2D eigenvalue weighted by atomic mass is 9.77. The molecule has 1 aliphatic heterocycles. The Labute approximate surface area is 115 Å². The Morgan fingerprint density at radius 2 is 2.05 bits per heavy atom. The quantitative estimate of drug-likeness (QED) is 0.758. The van der Waals surface area contributed by atoms with Crippen molar-refractivity contribution in [1.29, 1.82) is 0 Å². The van der Waals surface area contributed by atoms with Crippen molar-refractivity contribution in [3.63, 3.8) is 0 Å². The predicted molar refractivity (Wildman–Crippen MR) is 74.6 cm³/mol. The average Bonchev–Trinajstić information content (AvgIpc) is 2.85. The SMILES string of the molecule is CN1CCC(N(C)C(=O)C2CCC(N)(CO)CC2)C1. The molecule has 3 N–H and O–H groups in total. The van der Waals surface area contributed by atoms with Gasteiger partial charge in [-0.25, -0.2) is 0 Å². The largest absolute Gasteiger partial charge is 0.394 e. The van der Waals surface area contributed by atoms with Crippen molar-refractivity contribution in [1.82, 2.24) is 9.80 Å². The molecule has 1 unspecified atom stereocenters. The van der Waals surface area contributed by atoms with E-state index in [2.05, 4.69) is 11.9 Å². The summed E-state index contributed by atoms with van der Waals surface area (Å²) < 4.78 is 0. The van der Waals surface area contributed by atoms with E-state index < -0.39 is 5.54 Å². The molecule has 1 saturated carbocycles. The van der Waals surface area contributed by atoms with Crippen LogP contribution in [0.1, 0.15) is 32.1 Å². The van der Waals surface area contributed by atoms with Gasteiger partial charge < -0.3 is 20.6 Å². The zero-order valence-electron chi connectivity index (χ0n) is 12.1. The number of likely N-dealkylation sites (N-methyl/N-ethyl adjacent to an activating group) is 2. The molecule has 2 rings (SSSR count). The van der Waals surface area contributed by atoms with Crippen LogP contribution in [0.15, 0.2) is 0 Å². The fraction of sp³-hybridized carbons (Fsp3) is 0.929. The van der Waals surface area contributed by atoms with E-state index in [1.54, 1.807) is 0 Å². The number of likely N-dealkylation sites (tertiary alicyclic amines) is 1. The predicted octanol–water partition coefficient (Wildman–Crippen LogP) is 0.0289. The summed E-state index contributed by atoms with van der Waals surface area (Å²) in [6.45, 7) is 2.08. The van der Waals surface area contributed by atoms with Gasteiger partial charge in [-0.05, 0) is 45.7 Å². The number of carbonyl (C=O) groups excluding carboxylic acids is 1. The molecule has 0 aromatic heterocycles.